The molecule has 21 heavy (non-hydrogen) atoms. The average Bonchev–Trinajstić information content (AvgIpc) is 2.46. The van der Waals surface area contributed by atoms with E-state index in [2.05, 4.69) is 5.32 Å². The number of halogens is 5. The topological polar surface area (TPSA) is 32.3 Å². The van der Waals surface area contributed by atoms with Crippen LogP contribution < -0.4 is 5.32 Å². The third kappa shape index (κ3) is 3.29. The summed E-state index contributed by atoms with van der Waals surface area (Å²) < 4.78 is 51.4. The number of benzene rings is 1. The van der Waals surface area contributed by atoms with Gasteiger partial charge in [0.15, 0.2) is 0 Å². The zero-order valence-electron chi connectivity index (χ0n) is 10.8. The summed E-state index contributed by atoms with van der Waals surface area (Å²) in [5.74, 6) is -6.54. The molecular formula is C13H13ClF4N2O. The van der Waals surface area contributed by atoms with Gasteiger partial charge in [0, 0.05) is 24.7 Å². The molecule has 1 atom stereocenters. The summed E-state index contributed by atoms with van der Waals surface area (Å²) in [7, 11) is 0. The van der Waals surface area contributed by atoms with E-state index in [0.29, 0.717) is 10.6 Å². The second-order valence-electron chi connectivity index (χ2n) is 4.70. The van der Waals surface area contributed by atoms with Crippen LogP contribution in [0.25, 0.3) is 0 Å². The van der Waals surface area contributed by atoms with Gasteiger partial charge in [-0.1, -0.05) is 23.7 Å². The van der Waals surface area contributed by atoms with Crippen molar-refractivity contribution in [2.24, 2.45) is 0 Å². The number of piperazine rings is 1. The van der Waals surface area contributed by atoms with Crippen molar-refractivity contribution in [1.82, 2.24) is 10.2 Å². The smallest absolute Gasteiger partial charge is 0.328 e. The highest BCUT2D eigenvalue weighted by Gasteiger charge is 2.52. The van der Waals surface area contributed by atoms with E-state index >= 15 is 0 Å². The minimum absolute atomic E-state index is 0.0711. The molecule has 0 saturated carbocycles. The van der Waals surface area contributed by atoms with E-state index in [1.807, 2.05) is 0 Å². The van der Waals surface area contributed by atoms with Crippen molar-refractivity contribution in [3.8, 4) is 0 Å². The lowest BCUT2D eigenvalue weighted by Gasteiger charge is -2.38. The molecule has 1 fully saturated rings. The van der Waals surface area contributed by atoms with E-state index in [1.165, 1.54) is 6.07 Å². The van der Waals surface area contributed by atoms with Gasteiger partial charge < -0.3 is 10.2 Å². The summed E-state index contributed by atoms with van der Waals surface area (Å²) in [5, 5.41) is 3.33. The Balaban J connectivity index is 2.30. The molecule has 3 nitrogen and oxygen atoms in total. The predicted molar refractivity (Wildman–Crippen MR) is 69.7 cm³/mol. The molecule has 1 aromatic carbocycles. The molecule has 8 heteroatoms. The SMILES string of the molecule is O=C(N1CCNCC1c1cccc(Cl)c1)C(F)(F)C(F)F. The van der Waals surface area contributed by atoms with Crippen LogP contribution in [-0.2, 0) is 4.79 Å². The van der Waals surface area contributed by atoms with Crippen LogP contribution in [0.4, 0.5) is 17.6 Å². The fourth-order valence-electron chi connectivity index (χ4n) is 2.24. The van der Waals surface area contributed by atoms with Crippen LogP contribution >= 0.6 is 11.6 Å². The summed E-state index contributed by atoms with van der Waals surface area (Å²) in [4.78, 5) is 12.6. The molecule has 1 aliphatic heterocycles. The molecule has 0 aromatic heterocycles. The Labute approximate surface area is 123 Å². The van der Waals surface area contributed by atoms with Crippen LogP contribution in [-0.4, -0.2) is 42.8 Å². The number of nitrogens with one attached hydrogen (secondary N) is 1. The fourth-order valence-corrected chi connectivity index (χ4v) is 2.44. The van der Waals surface area contributed by atoms with Gasteiger partial charge in [0.1, 0.15) is 0 Å². The van der Waals surface area contributed by atoms with E-state index in [-0.39, 0.29) is 19.6 Å². The van der Waals surface area contributed by atoms with E-state index in [9.17, 15) is 22.4 Å². The number of nitrogens with zero attached hydrogens (tertiary/aromatic N) is 1. The van der Waals surface area contributed by atoms with E-state index < -0.39 is 24.3 Å². The van der Waals surface area contributed by atoms with Crippen LogP contribution in [0, 0.1) is 0 Å². The number of hydrogen-bond donors (Lipinski definition) is 1. The lowest BCUT2D eigenvalue weighted by atomic mass is 10.0. The lowest BCUT2D eigenvalue weighted by Crippen LogP contribution is -2.55. The number of amides is 1. The molecule has 1 aliphatic rings. The third-order valence-electron chi connectivity index (χ3n) is 3.30. The Hall–Kier alpha value is -1.34. The van der Waals surface area contributed by atoms with Gasteiger partial charge in [0.05, 0.1) is 6.04 Å². The van der Waals surface area contributed by atoms with Gasteiger partial charge in [-0.15, -0.1) is 0 Å². The van der Waals surface area contributed by atoms with Crippen molar-refractivity contribution < 1.29 is 22.4 Å². The Bertz CT molecular complexity index is 527. The minimum atomic E-state index is -4.69. The van der Waals surface area contributed by atoms with Gasteiger partial charge in [-0.25, -0.2) is 8.78 Å². The van der Waals surface area contributed by atoms with Crippen molar-refractivity contribution in [3.63, 3.8) is 0 Å². The van der Waals surface area contributed by atoms with Gasteiger partial charge in [0.25, 0.3) is 5.91 Å². The molecule has 2 rings (SSSR count). The number of hydrogen-bond acceptors (Lipinski definition) is 2. The normalized spacial score (nSPS) is 19.9. The van der Waals surface area contributed by atoms with Crippen LogP contribution in [0.1, 0.15) is 11.6 Å². The molecule has 0 bridgehead atoms. The molecule has 0 spiro atoms. The van der Waals surface area contributed by atoms with Crippen molar-refractivity contribution >= 4 is 17.5 Å². The highest BCUT2D eigenvalue weighted by Crippen LogP contribution is 2.31. The summed E-state index contributed by atoms with van der Waals surface area (Å²) in [6.45, 7) is 0.395. The Morgan fingerprint density at radius 1 is 1.43 bits per heavy atom. The first kappa shape index (κ1) is 16.0. The van der Waals surface area contributed by atoms with Crippen LogP contribution in [0.5, 0.6) is 0 Å². The molecular weight excluding hydrogens is 312 g/mol. The maximum atomic E-state index is 13.3. The molecule has 116 valence electrons. The summed E-state index contributed by atoms with van der Waals surface area (Å²) in [6.07, 6.45) is -4.03. The average molecular weight is 325 g/mol. The van der Waals surface area contributed by atoms with Crippen LogP contribution in [0.3, 0.4) is 0 Å². The second-order valence-corrected chi connectivity index (χ2v) is 5.13. The highest BCUT2D eigenvalue weighted by molar-refractivity contribution is 6.30. The van der Waals surface area contributed by atoms with Crippen LogP contribution in [0.2, 0.25) is 5.02 Å². The number of carbonyl (C=O) groups excluding carboxylic acids is 1. The van der Waals surface area contributed by atoms with E-state index in [1.54, 1.807) is 18.2 Å². The molecule has 0 aliphatic carbocycles. The molecule has 1 N–H and O–H groups in total. The molecule has 1 heterocycles. The Morgan fingerprint density at radius 3 is 2.76 bits per heavy atom. The minimum Gasteiger partial charge on any atom is -0.328 e. The van der Waals surface area contributed by atoms with Crippen molar-refractivity contribution in [2.45, 2.75) is 18.4 Å². The molecule has 1 aromatic rings. The first-order chi connectivity index (χ1) is 9.84. The zero-order chi connectivity index (χ0) is 15.6. The first-order valence-corrected chi connectivity index (χ1v) is 6.65. The highest BCUT2D eigenvalue weighted by atomic mass is 35.5. The van der Waals surface area contributed by atoms with E-state index in [4.69, 9.17) is 11.6 Å². The second kappa shape index (κ2) is 6.19. The van der Waals surface area contributed by atoms with Gasteiger partial charge in [-0.2, -0.15) is 8.78 Å². The number of rotatable bonds is 3. The summed E-state index contributed by atoms with van der Waals surface area (Å²) in [5.41, 5.74) is 0.521. The number of carbonyl (C=O) groups is 1. The standard InChI is InChI=1S/C13H13ClF4N2O/c14-9-3-1-2-8(6-9)10-7-19-4-5-20(10)12(21)13(17,18)11(15)16/h1-3,6,10-11,19H,4-5,7H2. The maximum Gasteiger partial charge on any atom is 0.383 e. The van der Waals surface area contributed by atoms with Gasteiger partial charge in [0.2, 0.25) is 0 Å². The quantitative estimate of drug-likeness (QED) is 0.867. The molecule has 1 amide bonds. The lowest BCUT2D eigenvalue weighted by molar-refractivity contribution is -0.183. The maximum absolute atomic E-state index is 13.3. The fraction of sp³-hybridized carbons (Fsp3) is 0.462. The predicted octanol–water partition coefficient (Wildman–Crippen LogP) is 2.71. The van der Waals surface area contributed by atoms with Gasteiger partial charge in [-0.3, -0.25) is 4.79 Å². The monoisotopic (exact) mass is 324 g/mol. The zero-order valence-corrected chi connectivity index (χ0v) is 11.6. The van der Waals surface area contributed by atoms with Crippen molar-refractivity contribution in [3.05, 3.63) is 34.9 Å². The third-order valence-corrected chi connectivity index (χ3v) is 3.53. The Morgan fingerprint density at radius 2 is 2.14 bits per heavy atom. The molecule has 1 saturated heterocycles. The molecule has 1 unspecified atom stereocenters. The first-order valence-electron chi connectivity index (χ1n) is 6.27. The largest absolute Gasteiger partial charge is 0.383 e. The number of alkyl halides is 4. The Kier molecular flexibility index (Phi) is 4.73. The van der Waals surface area contributed by atoms with Gasteiger partial charge >= 0.3 is 12.3 Å². The summed E-state index contributed by atoms with van der Waals surface area (Å²) in [6, 6.07) is 5.60. The van der Waals surface area contributed by atoms with Crippen molar-refractivity contribution in [1.29, 1.82) is 0 Å². The van der Waals surface area contributed by atoms with Gasteiger partial charge in [-0.05, 0) is 17.7 Å². The molecule has 0 radical (unpaired) electrons. The van der Waals surface area contributed by atoms with E-state index in [0.717, 1.165) is 4.90 Å². The van der Waals surface area contributed by atoms with Crippen LogP contribution in [0.15, 0.2) is 24.3 Å². The van der Waals surface area contributed by atoms with Crippen molar-refractivity contribution in [2.75, 3.05) is 19.6 Å². The summed E-state index contributed by atoms with van der Waals surface area (Å²) >= 11 is 5.84.